The Morgan fingerprint density at radius 2 is 1.72 bits per heavy atom. The molecule has 0 aliphatic heterocycles. The lowest BCUT2D eigenvalue weighted by molar-refractivity contribution is -0.196. The lowest BCUT2D eigenvalue weighted by atomic mass is 9.69. The summed E-state index contributed by atoms with van der Waals surface area (Å²) in [6.45, 7) is 10.5. The average molecular weight is 353 g/mol. The topological polar surface area (TPSA) is 23.8 Å². The summed E-state index contributed by atoms with van der Waals surface area (Å²) < 4.78 is 42.6. The van der Waals surface area contributed by atoms with Gasteiger partial charge in [0.1, 0.15) is 5.41 Å². The van der Waals surface area contributed by atoms with Crippen LogP contribution in [0.4, 0.5) is 13.2 Å². The van der Waals surface area contributed by atoms with Gasteiger partial charge in [0.15, 0.2) is 0 Å². The van der Waals surface area contributed by atoms with Crippen LogP contribution in [0.1, 0.15) is 60.8 Å². The first-order valence-electron chi connectivity index (χ1n) is 8.67. The van der Waals surface area contributed by atoms with Crippen molar-refractivity contribution in [1.82, 2.24) is 0 Å². The van der Waals surface area contributed by atoms with Crippen LogP contribution in [-0.4, -0.2) is 6.18 Å². The van der Waals surface area contributed by atoms with Crippen molar-refractivity contribution in [3.8, 4) is 6.07 Å². The van der Waals surface area contributed by atoms with Crippen LogP contribution in [0, 0.1) is 22.2 Å². The highest BCUT2D eigenvalue weighted by Gasteiger charge is 2.56. The molecule has 0 bridgehead atoms. The predicted octanol–water partition coefficient (Wildman–Crippen LogP) is 7.30. The van der Waals surface area contributed by atoms with E-state index < -0.39 is 17.0 Å². The van der Waals surface area contributed by atoms with Crippen molar-refractivity contribution in [2.45, 2.75) is 67.0 Å². The fourth-order valence-corrected chi connectivity index (χ4v) is 2.97. The highest BCUT2D eigenvalue weighted by Crippen LogP contribution is 2.53. The number of nitriles is 1. The quantitative estimate of drug-likeness (QED) is 0.332. The minimum Gasteiger partial charge on any atom is -0.198 e. The van der Waals surface area contributed by atoms with E-state index >= 15 is 0 Å². The summed E-state index contributed by atoms with van der Waals surface area (Å²) in [5.41, 5.74) is -2.11. The minimum atomic E-state index is -4.42. The molecular weight excluding hydrogens is 323 g/mol. The molecule has 0 radical (unpaired) electrons. The SMILES string of the molecule is C/C=C(\C)C(CC)(C(/C=C\CC#N)=C/C(C)(C)/C=C\CC)C(F)(F)F. The molecule has 0 aliphatic carbocycles. The monoisotopic (exact) mass is 353 g/mol. The Morgan fingerprint density at radius 3 is 2.12 bits per heavy atom. The fourth-order valence-electron chi connectivity index (χ4n) is 2.97. The zero-order valence-electron chi connectivity index (χ0n) is 16.2. The van der Waals surface area contributed by atoms with E-state index in [1.54, 1.807) is 19.9 Å². The van der Waals surface area contributed by atoms with Gasteiger partial charge in [0, 0.05) is 5.41 Å². The number of allylic oxidation sites excluding steroid dienone is 8. The lowest BCUT2D eigenvalue weighted by Gasteiger charge is -2.38. The molecule has 0 fully saturated rings. The van der Waals surface area contributed by atoms with E-state index in [2.05, 4.69) is 0 Å². The molecule has 0 aromatic rings. The van der Waals surface area contributed by atoms with E-state index in [-0.39, 0.29) is 24.0 Å². The van der Waals surface area contributed by atoms with E-state index in [1.807, 2.05) is 39.0 Å². The van der Waals surface area contributed by atoms with Crippen molar-refractivity contribution < 1.29 is 13.2 Å². The van der Waals surface area contributed by atoms with Gasteiger partial charge in [-0.05, 0) is 32.3 Å². The second-order valence-electron chi connectivity index (χ2n) is 6.72. The summed E-state index contributed by atoms with van der Waals surface area (Å²) in [6, 6.07) is 1.95. The molecule has 0 amide bonds. The maximum Gasteiger partial charge on any atom is 0.402 e. The number of hydrogen-bond acceptors (Lipinski definition) is 1. The van der Waals surface area contributed by atoms with Gasteiger partial charge in [0.05, 0.1) is 12.5 Å². The number of hydrogen-bond donors (Lipinski definition) is 0. The van der Waals surface area contributed by atoms with Gasteiger partial charge in [-0.15, -0.1) is 0 Å². The molecule has 0 aliphatic rings. The Labute approximate surface area is 150 Å². The minimum absolute atomic E-state index is 0.0785. The van der Waals surface area contributed by atoms with E-state index in [0.29, 0.717) is 0 Å². The van der Waals surface area contributed by atoms with Crippen LogP contribution in [-0.2, 0) is 0 Å². The van der Waals surface area contributed by atoms with Gasteiger partial charge < -0.3 is 0 Å². The van der Waals surface area contributed by atoms with Gasteiger partial charge in [-0.25, -0.2) is 0 Å². The summed E-state index contributed by atoms with van der Waals surface area (Å²) in [7, 11) is 0. The first-order valence-corrected chi connectivity index (χ1v) is 8.67. The molecule has 0 N–H and O–H groups in total. The number of alkyl halides is 3. The molecular formula is C21H30F3N. The Kier molecular flexibility index (Phi) is 8.97. The molecule has 140 valence electrons. The number of nitrogens with zero attached hydrogens (tertiary/aromatic N) is 1. The van der Waals surface area contributed by atoms with Gasteiger partial charge >= 0.3 is 6.18 Å². The standard InChI is InChI=1S/C21H30F3N/c1-7-10-14-19(5,6)16-18(13-11-12-15-25)20(9-3,17(4)8-2)21(22,23)24/h8,10-11,13-14,16H,7,9,12H2,1-6H3/b13-11-,14-10-,17-8+,18-16+. The van der Waals surface area contributed by atoms with Gasteiger partial charge in [-0.2, -0.15) is 18.4 Å². The Hall–Kier alpha value is -1.76. The van der Waals surface area contributed by atoms with Gasteiger partial charge in [-0.3, -0.25) is 0 Å². The maximum atomic E-state index is 14.2. The number of rotatable bonds is 8. The first-order chi connectivity index (χ1) is 11.5. The predicted molar refractivity (Wildman–Crippen MR) is 98.9 cm³/mol. The van der Waals surface area contributed by atoms with Crippen LogP contribution in [0.2, 0.25) is 0 Å². The molecule has 0 saturated carbocycles. The molecule has 0 saturated heterocycles. The molecule has 1 nitrogen and oxygen atoms in total. The van der Waals surface area contributed by atoms with Crippen molar-refractivity contribution >= 4 is 0 Å². The van der Waals surface area contributed by atoms with Crippen molar-refractivity contribution in [3.63, 3.8) is 0 Å². The molecule has 0 rings (SSSR count). The van der Waals surface area contributed by atoms with Crippen molar-refractivity contribution in [2.75, 3.05) is 0 Å². The van der Waals surface area contributed by atoms with Crippen LogP contribution in [0.25, 0.3) is 0 Å². The lowest BCUT2D eigenvalue weighted by Crippen LogP contribution is -2.40. The molecule has 1 atom stereocenters. The zero-order chi connectivity index (χ0) is 19.7. The molecule has 25 heavy (non-hydrogen) atoms. The van der Waals surface area contributed by atoms with Crippen LogP contribution in [0.3, 0.4) is 0 Å². The van der Waals surface area contributed by atoms with Crippen LogP contribution < -0.4 is 0 Å². The van der Waals surface area contributed by atoms with Crippen molar-refractivity contribution in [1.29, 1.82) is 5.26 Å². The van der Waals surface area contributed by atoms with Gasteiger partial charge in [-0.1, -0.05) is 69.7 Å². The van der Waals surface area contributed by atoms with E-state index in [0.717, 1.165) is 6.42 Å². The summed E-state index contributed by atoms with van der Waals surface area (Å²) in [5, 5.41) is 8.74. The second-order valence-corrected chi connectivity index (χ2v) is 6.72. The summed E-state index contributed by atoms with van der Waals surface area (Å²) in [6.07, 6.45) is 6.44. The molecule has 0 aromatic carbocycles. The summed E-state index contributed by atoms with van der Waals surface area (Å²) >= 11 is 0. The number of halogens is 3. The van der Waals surface area contributed by atoms with E-state index in [1.165, 1.54) is 25.2 Å². The van der Waals surface area contributed by atoms with Crippen molar-refractivity contribution in [3.05, 3.63) is 47.6 Å². The third kappa shape index (κ3) is 5.92. The van der Waals surface area contributed by atoms with Gasteiger partial charge in [0.25, 0.3) is 0 Å². The first kappa shape index (κ1) is 23.2. The molecule has 4 heteroatoms. The fraction of sp³-hybridized carbons (Fsp3) is 0.571. The molecule has 0 aromatic heterocycles. The molecule has 0 spiro atoms. The third-order valence-electron chi connectivity index (χ3n) is 4.43. The van der Waals surface area contributed by atoms with E-state index in [9.17, 15) is 13.2 Å². The Balaban J connectivity index is 6.61. The highest BCUT2D eigenvalue weighted by molar-refractivity contribution is 5.40. The van der Waals surface area contributed by atoms with Crippen molar-refractivity contribution in [2.24, 2.45) is 10.8 Å². The Morgan fingerprint density at radius 1 is 1.12 bits per heavy atom. The van der Waals surface area contributed by atoms with E-state index in [4.69, 9.17) is 5.26 Å². The van der Waals surface area contributed by atoms with Crippen LogP contribution in [0.15, 0.2) is 47.6 Å². The Bertz CT molecular complexity index is 583. The maximum absolute atomic E-state index is 14.2. The summed E-state index contributed by atoms with van der Waals surface area (Å²) in [4.78, 5) is 0. The average Bonchev–Trinajstić information content (AvgIpc) is 2.52. The largest absolute Gasteiger partial charge is 0.402 e. The smallest absolute Gasteiger partial charge is 0.198 e. The second kappa shape index (κ2) is 9.65. The zero-order valence-corrected chi connectivity index (χ0v) is 16.2. The highest BCUT2D eigenvalue weighted by atomic mass is 19.4. The van der Waals surface area contributed by atoms with Crippen LogP contribution >= 0.6 is 0 Å². The normalized spacial score (nSPS) is 17.1. The molecule has 1 unspecified atom stereocenters. The van der Waals surface area contributed by atoms with Gasteiger partial charge in [0.2, 0.25) is 0 Å². The summed E-state index contributed by atoms with van der Waals surface area (Å²) in [5.74, 6) is 0. The molecule has 0 heterocycles. The van der Waals surface area contributed by atoms with Crippen LogP contribution in [0.5, 0.6) is 0 Å². The third-order valence-corrected chi connectivity index (χ3v) is 4.43.